The molecule has 0 bridgehead atoms. The maximum atomic E-state index is 5.48. The molecule has 0 amide bonds. The zero-order valence-electron chi connectivity index (χ0n) is 15.7. The maximum Gasteiger partial charge on any atom is 0.193 e. The van der Waals surface area contributed by atoms with Crippen molar-refractivity contribution in [3.05, 3.63) is 35.4 Å². The molecule has 2 fully saturated rings. The first-order valence-corrected chi connectivity index (χ1v) is 9.67. The normalized spacial score (nSPS) is 22.4. The number of aryl methyl sites for hydroxylation is 1. The fraction of sp³-hybridized carbons (Fsp3) is 0.650. The number of ether oxygens (including phenoxy) is 1. The van der Waals surface area contributed by atoms with Crippen molar-refractivity contribution in [1.29, 1.82) is 0 Å². The molecule has 0 aromatic heterocycles. The number of nitrogens with one attached hydrogen (secondary N) is 1. The lowest BCUT2D eigenvalue weighted by molar-refractivity contribution is 0.0195. The van der Waals surface area contributed by atoms with Gasteiger partial charge in [0, 0.05) is 45.3 Å². The van der Waals surface area contributed by atoms with E-state index in [1.807, 2.05) is 0 Å². The summed E-state index contributed by atoms with van der Waals surface area (Å²) >= 11 is 0. The fourth-order valence-electron chi connectivity index (χ4n) is 3.76. The molecule has 5 heteroatoms. The zero-order chi connectivity index (χ0) is 17.5. The molecule has 1 unspecified atom stereocenters. The Kier molecular flexibility index (Phi) is 6.70. The summed E-state index contributed by atoms with van der Waals surface area (Å²) in [6.45, 7) is 12.1. The van der Waals surface area contributed by atoms with E-state index in [1.165, 1.54) is 17.5 Å². The number of aliphatic imine (C=N–C) groups is 1. The lowest BCUT2D eigenvalue weighted by atomic mass is 10.1. The van der Waals surface area contributed by atoms with Crippen LogP contribution in [0.3, 0.4) is 0 Å². The van der Waals surface area contributed by atoms with Gasteiger partial charge in [-0.25, -0.2) is 0 Å². The van der Waals surface area contributed by atoms with E-state index in [-0.39, 0.29) is 0 Å². The number of rotatable bonds is 5. The molecule has 2 heterocycles. The molecule has 1 atom stereocenters. The third kappa shape index (κ3) is 5.19. The molecule has 25 heavy (non-hydrogen) atoms. The second-order valence-corrected chi connectivity index (χ2v) is 7.01. The summed E-state index contributed by atoms with van der Waals surface area (Å²) in [5, 5.41) is 3.48. The van der Waals surface area contributed by atoms with Gasteiger partial charge in [-0.1, -0.05) is 29.8 Å². The second-order valence-electron chi connectivity index (χ2n) is 7.01. The van der Waals surface area contributed by atoms with E-state index >= 15 is 0 Å². The number of morpholine rings is 1. The van der Waals surface area contributed by atoms with Crippen LogP contribution >= 0.6 is 0 Å². The highest BCUT2D eigenvalue weighted by Gasteiger charge is 2.30. The molecule has 2 aliphatic rings. The fourth-order valence-corrected chi connectivity index (χ4v) is 3.76. The molecular formula is C20H32N4O. The molecule has 2 saturated heterocycles. The number of benzene rings is 1. The Labute approximate surface area is 152 Å². The highest BCUT2D eigenvalue weighted by molar-refractivity contribution is 5.80. The second kappa shape index (κ2) is 9.20. The van der Waals surface area contributed by atoms with Gasteiger partial charge in [-0.05, 0) is 32.3 Å². The summed E-state index contributed by atoms with van der Waals surface area (Å²) in [5.74, 6) is 1.07. The Bertz CT molecular complexity index is 569. The molecule has 2 aliphatic heterocycles. The summed E-state index contributed by atoms with van der Waals surface area (Å²) in [6, 6.07) is 9.37. The van der Waals surface area contributed by atoms with Crippen molar-refractivity contribution in [2.75, 3.05) is 52.5 Å². The van der Waals surface area contributed by atoms with Gasteiger partial charge in [0.15, 0.2) is 5.96 Å². The van der Waals surface area contributed by atoms with Crippen LogP contribution in [0.4, 0.5) is 0 Å². The first-order chi connectivity index (χ1) is 12.3. The Balaban J connectivity index is 1.55. The van der Waals surface area contributed by atoms with Crippen LogP contribution in [0.25, 0.3) is 0 Å². The van der Waals surface area contributed by atoms with E-state index in [1.54, 1.807) is 0 Å². The van der Waals surface area contributed by atoms with Crippen molar-refractivity contribution < 1.29 is 4.74 Å². The first kappa shape index (κ1) is 18.2. The summed E-state index contributed by atoms with van der Waals surface area (Å²) in [6.07, 6.45) is 2.22. The average Bonchev–Trinajstić information content (AvgIpc) is 3.12. The van der Waals surface area contributed by atoms with Gasteiger partial charge in [0.2, 0.25) is 0 Å². The quantitative estimate of drug-likeness (QED) is 0.654. The van der Waals surface area contributed by atoms with Crippen LogP contribution in [0.1, 0.15) is 24.5 Å². The highest BCUT2D eigenvalue weighted by Crippen LogP contribution is 2.17. The number of guanidine groups is 1. The maximum absolute atomic E-state index is 5.48. The van der Waals surface area contributed by atoms with Crippen LogP contribution in [-0.4, -0.2) is 74.3 Å². The Morgan fingerprint density at radius 2 is 2.12 bits per heavy atom. The first-order valence-electron chi connectivity index (χ1n) is 9.67. The zero-order valence-corrected chi connectivity index (χ0v) is 15.7. The monoisotopic (exact) mass is 344 g/mol. The van der Waals surface area contributed by atoms with Gasteiger partial charge in [0.25, 0.3) is 0 Å². The number of hydrogen-bond acceptors (Lipinski definition) is 3. The van der Waals surface area contributed by atoms with Crippen molar-refractivity contribution in [1.82, 2.24) is 15.1 Å². The van der Waals surface area contributed by atoms with Crippen LogP contribution in [-0.2, 0) is 11.2 Å². The van der Waals surface area contributed by atoms with Crippen molar-refractivity contribution >= 4 is 5.96 Å². The van der Waals surface area contributed by atoms with E-state index in [0.717, 1.165) is 64.9 Å². The van der Waals surface area contributed by atoms with Gasteiger partial charge < -0.3 is 15.0 Å². The summed E-state index contributed by atoms with van der Waals surface area (Å²) in [4.78, 5) is 9.90. The molecular weight excluding hydrogens is 312 g/mol. The van der Waals surface area contributed by atoms with Crippen LogP contribution in [0.5, 0.6) is 0 Å². The van der Waals surface area contributed by atoms with Crippen molar-refractivity contribution in [2.45, 2.75) is 32.7 Å². The minimum atomic E-state index is 0.643. The SMILES string of the molecule is CCNC(=NCCc1cccc(C)c1)N1CCC(N2CCOCC2)C1. The molecule has 1 aromatic carbocycles. The third-order valence-corrected chi connectivity index (χ3v) is 5.10. The van der Waals surface area contributed by atoms with Crippen LogP contribution in [0, 0.1) is 6.92 Å². The lowest BCUT2D eigenvalue weighted by Crippen LogP contribution is -2.46. The molecule has 5 nitrogen and oxygen atoms in total. The molecule has 1 N–H and O–H groups in total. The van der Waals surface area contributed by atoms with Gasteiger partial charge >= 0.3 is 0 Å². The summed E-state index contributed by atoms with van der Waals surface area (Å²) in [7, 11) is 0. The van der Waals surface area contributed by atoms with E-state index < -0.39 is 0 Å². The number of likely N-dealkylation sites (tertiary alicyclic amines) is 1. The average molecular weight is 345 g/mol. The Morgan fingerprint density at radius 1 is 1.28 bits per heavy atom. The molecule has 1 aromatic rings. The largest absolute Gasteiger partial charge is 0.379 e. The van der Waals surface area contributed by atoms with Gasteiger partial charge in [-0.2, -0.15) is 0 Å². The summed E-state index contributed by atoms with van der Waals surface area (Å²) < 4.78 is 5.48. The lowest BCUT2D eigenvalue weighted by Gasteiger charge is -2.32. The van der Waals surface area contributed by atoms with Gasteiger partial charge in [0.05, 0.1) is 13.2 Å². The number of hydrogen-bond donors (Lipinski definition) is 1. The predicted molar refractivity (Wildman–Crippen MR) is 103 cm³/mol. The van der Waals surface area contributed by atoms with Gasteiger partial charge in [0.1, 0.15) is 0 Å². The molecule has 0 radical (unpaired) electrons. The Hall–Kier alpha value is -1.59. The smallest absolute Gasteiger partial charge is 0.193 e. The van der Waals surface area contributed by atoms with Crippen molar-refractivity contribution in [3.63, 3.8) is 0 Å². The minimum Gasteiger partial charge on any atom is -0.379 e. The predicted octanol–water partition coefficient (Wildman–Crippen LogP) is 1.91. The highest BCUT2D eigenvalue weighted by atomic mass is 16.5. The van der Waals surface area contributed by atoms with E-state index in [9.17, 15) is 0 Å². The Morgan fingerprint density at radius 3 is 2.88 bits per heavy atom. The van der Waals surface area contributed by atoms with Crippen LogP contribution < -0.4 is 5.32 Å². The van der Waals surface area contributed by atoms with E-state index in [4.69, 9.17) is 9.73 Å². The van der Waals surface area contributed by atoms with Crippen LogP contribution in [0.2, 0.25) is 0 Å². The molecule has 138 valence electrons. The topological polar surface area (TPSA) is 40.1 Å². The molecule has 0 saturated carbocycles. The van der Waals surface area contributed by atoms with Gasteiger partial charge in [-0.3, -0.25) is 9.89 Å². The molecule has 0 spiro atoms. The minimum absolute atomic E-state index is 0.643. The van der Waals surface area contributed by atoms with E-state index in [2.05, 4.69) is 53.2 Å². The number of nitrogens with zero attached hydrogens (tertiary/aromatic N) is 3. The van der Waals surface area contributed by atoms with Crippen LogP contribution in [0.15, 0.2) is 29.3 Å². The van der Waals surface area contributed by atoms with Gasteiger partial charge in [-0.15, -0.1) is 0 Å². The molecule has 3 rings (SSSR count). The van der Waals surface area contributed by atoms with E-state index in [0.29, 0.717) is 6.04 Å². The standard InChI is InChI=1S/C20H32N4O/c1-3-21-20(22-9-7-18-6-4-5-17(2)15-18)24-10-8-19(16-24)23-11-13-25-14-12-23/h4-6,15,19H,3,7-14,16H2,1-2H3,(H,21,22). The third-order valence-electron chi connectivity index (χ3n) is 5.10. The van der Waals surface area contributed by atoms with Crippen molar-refractivity contribution in [2.24, 2.45) is 4.99 Å². The van der Waals surface area contributed by atoms with Crippen molar-refractivity contribution in [3.8, 4) is 0 Å². The molecule has 0 aliphatic carbocycles. The summed E-state index contributed by atoms with van der Waals surface area (Å²) in [5.41, 5.74) is 2.69.